The number of alkyl halides is 3. The first-order chi connectivity index (χ1) is 18.8. The Morgan fingerprint density at radius 1 is 1.12 bits per heavy atom. The largest absolute Gasteiger partial charge is 0.416 e. The summed E-state index contributed by atoms with van der Waals surface area (Å²) in [4.78, 5) is 42.2. The highest BCUT2D eigenvalue weighted by Crippen LogP contribution is 2.45. The van der Waals surface area contributed by atoms with Gasteiger partial charge in [0.15, 0.2) is 15.6 Å². The summed E-state index contributed by atoms with van der Waals surface area (Å²) in [5.41, 5.74) is -0.349. The van der Waals surface area contributed by atoms with Gasteiger partial charge in [0.2, 0.25) is 0 Å². The van der Waals surface area contributed by atoms with Crippen molar-refractivity contribution in [2.45, 2.75) is 44.2 Å². The summed E-state index contributed by atoms with van der Waals surface area (Å²) in [5, 5.41) is 10.9. The number of sulfone groups is 1. The van der Waals surface area contributed by atoms with Crippen LogP contribution < -0.4 is 10.2 Å². The molecule has 1 unspecified atom stereocenters. The van der Waals surface area contributed by atoms with Crippen LogP contribution in [-0.2, 0) is 20.8 Å². The average Bonchev–Trinajstić information content (AvgIpc) is 3.28. The Morgan fingerprint density at radius 3 is 2.40 bits per heavy atom. The van der Waals surface area contributed by atoms with Crippen LogP contribution in [0.15, 0.2) is 59.8 Å². The monoisotopic (exact) mass is 574 g/mol. The van der Waals surface area contributed by atoms with Gasteiger partial charge in [0, 0.05) is 24.2 Å². The van der Waals surface area contributed by atoms with Gasteiger partial charge < -0.3 is 5.32 Å². The van der Waals surface area contributed by atoms with Gasteiger partial charge in [-0.05, 0) is 56.2 Å². The predicted molar refractivity (Wildman–Crippen MR) is 139 cm³/mol. The third kappa shape index (κ3) is 5.44. The number of ketones is 1. The van der Waals surface area contributed by atoms with Crippen LogP contribution in [-0.4, -0.2) is 48.7 Å². The van der Waals surface area contributed by atoms with Gasteiger partial charge in [-0.25, -0.2) is 22.9 Å². The number of hydrogen-bond donors (Lipinski definition) is 1. The van der Waals surface area contributed by atoms with E-state index in [2.05, 4.69) is 5.32 Å². The van der Waals surface area contributed by atoms with E-state index < -0.39 is 56.5 Å². The quantitative estimate of drug-likeness (QED) is 0.532. The minimum Gasteiger partial charge on any atom is -0.337 e. The lowest BCUT2D eigenvalue weighted by Gasteiger charge is -2.41. The number of amides is 4. The number of nitrogens with zero attached hydrogens (tertiary/aromatic N) is 3. The van der Waals surface area contributed by atoms with Crippen molar-refractivity contribution in [2.24, 2.45) is 0 Å². The van der Waals surface area contributed by atoms with Crippen LogP contribution in [0.25, 0.3) is 0 Å². The minimum atomic E-state index is -4.71. The van der Waals surface area contributed by atoms with Gasteiger partial charge >= 0.3 is 18.2 Å². The first-order valence-corrected chi connectivity index (χ1v) is 14.0. The summed E-state index contributed by atoms with van der Waals surface area (Å²) in [6.07, 6.45) is -4.67. The molecule has 0 fully saturated rings. The number of carbonyl (C=O) groups excluding carboxylic acids is 3. The Balaban J connectivity index is 1.83. The van der Waals surface area contributed by atoms with Crippen LogP contribution in [0.2, 0.25) is 0 Å². The number of nitriles is 1. The second-order valence-electron chi connectivity index (χ2n) is 9.60. The molecule has 13 heteroatoms. The number of halogens is 3. The fourth-order valence-electron chi connectivity index (χ4n) is 4.64. The van der Waals surface area contributed by atoms with Crippen molar-refractivity contribution in [3.63, 3.8) is 0 Å². The molecule has 0 bridgehead atoms. The Labute approximate surface area is 228 Å². The molecule has 1 N–H and O–H groups in total. The molecule has 9 nitrogen and oxygen atoms in total. The number of carbonyl (C=O) groups is 3. The number of Topliss-reactive ketones (excluding diaryl/α,β-unsaturated/α-hetero) is 1. The second-order valence-corrected chi connectivity index (χ2v) is 12.3. The van der Waals surface area contributed by atoms with Crippen molar-refractivity contribution in [3.05, 3.63) is 76.5 Å². The van der Waals surface area contributed by atoms with Gasteiger partial charge in [0.1, 0.15) is 0 Å². The molecule has 40 heavy (non-hydrogen) atoms. The van der Waals surface area contributed by atoms with E-state index in [1.54, 1.807) is 0 Å². The predicted octanol–water partition coefficient (Wildman–Crippen LogP) is 4.71. The third-order valence-corrected chi connectivity index (χ3v) is 9.00. The van der Waals surface area contributed by atoms with Crippen LogP contribution in [0.4, 0.5) is 28.4 Å². The van der Waals surface area contributed by atoms with Crippen molar-refractivity contribution in [1.29, 1.82) is 5.26 Å². The second kappa shape index (κ2) is 10.8. The van der Waals surface area contributed by atoms with Crippen LogP contribution in [0.3, 0.4) is 0 Å². The molecule has 1 atom stereocenters. The van der Waals surface area contributed by atoms with Crippen LogP contribution in [0.5, 0.6) is 0 Å². The lowest BCUT2D eigenvalue weighted by atomic mass is 9.92. The maximum absolute atomic E-state index is 13.9. The van der Waals surface area contributed by atoms with E-state index >= 15 is 0 Å². The maximum atomic E-state index is 13.9. The number of nitrogens with one attached hydrogen (secondary N) is 1. The smallest absolute Gasteiger partial charge is 0.337 e. The molecule has 210 valence electrons. The molecule has 2 aromatic rings. The Kier molecular flexibility index (Phi) is 7.76. The first kappa shape index (κ1) is 28.8. The lowest BCUT2D eigenvalue weighted by Crippen LogP contribution is -2.55. The zero-order valence-corrected chi connectivity index (χ0v) is 22.3. The molecule has 1 aliphatic carbocycles. The number of rotatable bonds is 6. The van der Waals surface area contributed by atoms with Gasteiger partial charge in [0.25, 0.3) is 0 Å². The normalized spacial score (nSPS) is 17.8. The van der Waals surface area contributed by atoms with Crippen LogP contribution in [0.1, 0.15) is 49.4 Å². The highest BCUT2D eigenvalue weighted by Gasteiger charge is 2.48. The van der Waals surface area contributed by atoms with Crippen LogP contribution in [0, 0.1) is 11.3 Å². The minimum absolute atomic E-state index is 0.0255. The summed E-state index contributed by atoms with van der Waals surface area (Å²) in [6.45, 7) is 2.63. The average molecular weight is 575 g/mol. The van der Waals surface area contributed by atoms with Crippen molar-refractivity contribution in [3.8, 4) is 6.07 Å². The van der Waals surface area contributed by atoms with Crippen molar-refractivity contribution >= 4 is 33.4 Å². The summed E-state index contributed by atoms with van der Waals surface area (Å²) < 4.78 is 64.9. The molecule has 1 heterocycles. The highest BCUT2D eigenvalue weighted by atomic mass is 32.2. The molecular weight excluding hydrogens is 549 g/mol. The topological polar surface area (TPSA) is 128 Å². The standard InChI is InChI=1S/C27H25F3N4O5S/c1-16(2)40(38,39)13-12-32-25(36)34-24(18-8-6-17(15-31)7-9-18)23-21(10-11-22(23)35)33(26(34)37)20-5-3-4-19(14-20)27(28,29)30/h3-9,14,16,24H,10-13H2,1-2H3,(H,32,36). The van der Waals surface area contributed by atoms with E-state index in [-0.39, 0.29) is 36.3 Å². The molecule has 2 aliphatic rings. The van der Waals surface area contributed by atoms with Crippen molar-refractivity contribution in [1.82, 2.24) is 10.2 Å². The van der Waals surface area contributed by atoms with E-state index in [9.17, 15) is 41.2 Å². The van der Waals surface area contributed by atoms with Gasteiger partial charge in [-0.2, -0.15) is 18.4 Å². The Bertz CT molecular complexity index is 1540. The molecule has 0 saturated heterocycles. The summed E-state index contributed by atoms with van der Waals surface area (Å²) in [5.74, 6) is -0.807. The Hall–Kier alpha value is -4.18. The van der Waals surface area contributed by atoms with Gasteiger partial charge in [-0.3, -0.25) is 9.69 Å². The molecule has 0 radical (unpaired) electrons. The Morgan fingerprint density at radius 2 is 1.80 bits per heavy atom. The molecule has 0 spiro atoms. The zero-order chi connectivity index (χ0) is 29.4. The molecular formula is C27H25F3N4O5S. The van der Waals surface area contributed by atoms with E-state index in [1.165, 1.54) is 44.2 Å². The number of allylic oxidation sites excluding steroid dienone is 1. The molecule has 0 aromatic heterocycles. The summed E-state index contributed by atoms with van der Waals surface area (Å²) >= 11 is 0. The fourth-order valence-corrected chi connectivity index (χ4v) is 5.49. The third-order valence-electron chi connectivity index (χ3n) is 6.79. The highest BCUT2D eigenvalue weighted by molar-refractivity contribution is 7.92. The van der Waals surface area contributed by atoms with Gasteiger partial charge in [0.05, 0.1) is 39.9 Å². The number of imide groups is 1. The van der Waals surface area contributed by atoms with E-state index in [0.717, 1.165) is 23.1 Å². The molecule has 2 aromatic carbocycles. The fraction of sp³-hybridized carbons (Fsp3) is 0.333. The number of anilines is 1. The molecule has 4 amide bonds. The number of urea groups is 2. The van der Waals surface area contributed by atoms with E-state index in [0.29, 0.717) is 16.0 Å². The summed E-state index contributed by atoms with van der Waals surface area (Å²) in [7, 11) is -3.54. The lowest BCUT2D eigenvalue weighted by molar-refractivity contribution is -0.137. The van der Waals surface area contributed by atoms with Crippen LogP contribution >= 0.6 is 0 Å². The SMILES string of the molecule is CC(C)S(=O)(=O)CCNC(=O)N1C(=O)N(c2cccc(C(F)(F)F)c2)C2=C(C(=O)CC2)C1c1ccc(C#N)cc1. The number of benzene rings is 2. The van der Waals surface area contributed by atoms with Crippen molar-refractivity contribution in [2.75, 3.05) is 17.2 Å². The molecule has 1 aliphatic heterocycles. The molecule has 4 rings (SSSR count). The maximum Gasteiger partial charge on any atom is 0.416 e. The number of hydrogen-bond acceptors (Lipinski definition) is 6. The van der Waals surface area contributed by atoms with E-state index in [4.69, 9.17) is 0 Å². The van der Waals surface area contributed by atoms with Gasteiger partial charge in [-0.1, -0.05) is 18.2 Å². The van der Waals surface area contributed by atoms with Gasteiger partial charge in [-0.15, -0.1) is 0 Å². The van der Waals surface area contributed by atoms with Crippen molar-refractivity contribution < 1.29 is 36.0 Å². The molecule has 0 saturated carbocycles. The summed E-state index contributed by atoms with van der Waals surface area (Å²) in [6, 6.07) is 8.54. The first-order valence-electron chi connectivity index (χ1n) is 12.3. The van der Waals surface area contributed by atoms with E-state index in [1.807, 2.05) is 6.07 Å². The zero-order valence-electron chi connectivity index (χ0n) is 21.5.